The van der Waals surface area contributed by atoms with Crippen molar-refractivity contribution in [2.75, 3.05) is 18.5 Å². The Morgan fingerprint density at radius 2 is 1.86 bits per heavy atom. The summed E-state index contributed by atoms with van der Waals surface area (Å²) in [6.07, 6.45) is 0.971. The second-order valence-electron chi connectivity index (χ2n) is 3.14. The first-order valence-corrected chi connectivity index (χ1v) is 5.11. The molecule has 0 spiro atoms. The third-order valence-corrected chi connectivity index (χ3v) is 2.19. The standard InChI is InChI=1S/C12H18N2/c1-4-12(13-5-2)14(3)11-9-7-6-8-10-11/h6-10H,4-5H2,1-3H3. The maximum atomic E-state index is 4.46. The molecule has 0 saturated heterocycles. The zero-order valence-corrected chi connectivity index (χ0v) is 9.20. The molecule has 0 saturated carbocycles. The van der Waals surface area contributed by atoms with E-state index in [-0.39, 0.29) is 0 Å². The molecular formula is C12H18N2. The normalized spacial score (nSPS) is 11.5. The summed E-state index contributed by atoms with van der Waals surface area (Å²) in [6.45, 7) is 5.04. The summed E-state index contributed by atoms with van der Waals surface area (Å²) < 4.78 is 0. The third-order valence-electron chi connectivity index (χ3n) is 2.19. The van der Waals surface area contributed by atoms with Crippen LogP contribution in [0.4, 0.5) is 5.69 Å². The van der Waals surface area contributed by atoms with E-state index >= 15 is 0 Å². The van der Waals surface area contributed by atoms with Crippen LogP contribution >= 0.6 is 0 Å². The lowest BCUT2D eigenvalue weighted by Crippen LogP contribution is -2.25. The molecule has 1 aromatic rings. The van der Waals surface area contributed by atoms with Gasteiger partial charge < -0.3 is 4.90 Å². The van der Waals surface area contributed by atoms with Crippen molar-refractivity contribution in [3.05, 3.63) is 30.3 Å². The molecule has 0 atom stereocenters. The van der Waals surface area contributed by atoms with Crippen LogP contribution in [0.3, 0.4) is 0 Å². The van der Waals surface area contributed by atoms with Crippen molar-refractivity contribution in [2.45, 2.75) is 20.3 Å². The molecule has 0 radical (unpaired) electrons. The van der Waals surface area contributed by atoms with Gasteiger partial charge in [0.05, 0.1) is 0 Å². The predicted molar refractivity (Wildman–Crippen MR) is 63.1 cm³/mol. The maximum absolute atomic E-state index is 4.46. The number of anilines is 1. The highest BCUT2D eigenvalue weighted by Gasteiger charge is 2.04. The predicted octanol–water partition coefficient (Wildman–Crippen LogP) is 2.95. The number of hydrogen-bond donors (Lipinski definition) is 0. The number of benzene rings is 1. The van der Waals surface area contributed by atoms with E-state index in [1.165, 1.54) is 5.69 Å². The van der Waals surface area contributed by atoms with E-state index < -0.39 is 0 Å². The molecule has 0 unspecified atom stereocenters. The van der Waals surface area contributed by atoms with Gasteiger partial charge in [-0.3, -0.25) is 4.99 Å². The summed E-state index contributed by atoms with van der Waals surface area (Å²) in [5, 5.41) is 0. The number of aliphatic imine (C=N–C) groups is 1. The van der Waals surface area contributed by atoms with E-state index in [1.54, 1.807) is 0 Å². The molecule has 2 heteroatoms. The second kappa shape index (κ2) is 5.43. The van der Waals surface area contributed by atoms with Crippen molar-refractivity contribution in [1.82, 2.24) is 0 Å². The van der Waals surface area contributed by atoms with E-state index in [2.05, 4.69) is 42.9 Å². The molecule has 0 aliphatic rings. The highest BCUT2D eigenvalue weighted by Crippen LogP contribution is 2.12. The SMILES string of the molecule is CCN=C(CC)N(C)c1ccccc1. The summed E-state index contributed by atoms with van der Waals surface area (Å²) in [4.78, 5) is 6.60. The lowest BCUT2D eigenvalue weighted by atomic mass is 10.3. The molecule has 0 aliphatic heterocycles. The van der Waals surface area contributed by atoms with Gasteiger partial charge in [-0.15, -0.1) is 0 Å². The highest BCUT2D eigenvalue weighted by molar-refractivity contribution is 5.97. The first kappa shape index (κ1) is 10.8. The molecule has 76 valence electrons. The summed E-state index contributed by atoms with van der Waals surface area (Å²) in [5.74, 6) is 1.14. The number of para-hydroxylation sites is 1. The highest BCUT2D eigenvalue weighted by atomic mass is 15.2. The minimum Gasteiger partial charge on any atom is -0.333 e. The van der Waals surface area contributed by atoms with Crippen molar-refractivity contribution in [1.29, 1.82) is 0 Å². The molecule has 0 amide bonds. The van der Waals surface area contributed by atoms with Gasteiger partial charge >= 0.3 is 0 Å². The van der Waals surface area contributed by atoms with Crippen LogP contribution in [0.25, 0.3) is 0 Å². The van der Waals surface area contributed by atoms with Gasteiger partial charge in [0.15, 0.2) is 0 Å². The van der Waals surface area contributed by atoms with Crippen LogP contribution in [0.5, 0.6) is 0 Å². The fourth-order valence-corrected chi connectivity index (χ4v) is 1.44. The first-order chi connectivity index (χ1) is 6.79. The van der Waals surface area contributed by atoms with Crippen molar-refractivity contribution in [3.8, 4) is 0 Å². The topological polar surface area (TPSA) is 15.6 Å². The van der Waals surface area contributed by atoms with E-state index in [1.807, 2.05) is 18.2 Å². The Labute approximate surface area is 86.3 Å². The van der Waals surface area contributed by atoms with Gasteiger partial charge in [-0.2, -0.15) is 0 Å². The van der Waals surface area contributed by atoms with Crippen molar-refractivity contribution >= 4 is 11.5 Å². The van der Waals surface area contributed by atoms with E-state index in [9.17, 15) is 0 Å². The third kappa shape index (κ3) is 2.59. The molecule has 0 heterocycles. The molecule has 0 aliphatic carbocycles. The van der Waals surface area contributed by atoms with Crippen LogP contribution in [0.15, 0.2) is 35.3 Å². The molecule has 1 rings (SSSR count). The Kier molecular flexibility index (Phi) is 4.17. The Morgan fingerprint density at radius 3 is 2.36 bits per heavy atom. The van der Waals surface area contributed by atoms with Gasteiger partial charge in [0.1, 0.15) is 5.84 Å². The number of hydrogen-bond acceptors (Lipinski definition) is 1. The summed E-state index contributed by atoms with van der Waals surface area (Å²) >= 11 is 0. The number of amidine groups is 1. The fourth-order valence-electron chi connectivity index (χ4n) is 1.44. The van der Waals surface area contributed by atoms with Gasteiger partial charge in [-0.1, -0.05) is 25.1 Å². The van der Waals surface area contributed by atoms with Crippen LogP contribution in [0.1, 0.15) is 20.3 Å². The summed E-state index contributed by atoms with van der Waals surface area (Å²) in [5.41, 5.74) is 1.20. The maximum Gasteiger partial charge on any atom is 0.103 e. The Morgan fingerprint density at radius 1 is 1.21 bits per heavy atom. The first-order valence-electron chi connectivity index (χ1n) is 5.11. The molecular weight excluding hydrogens is 172 g/mol. The molecule has 0 N–H and O–H groups in total. The lowest BCUT2D eigenvalue weighted by Gasteiger charge is -2.20. The van der Waals surface area contributed by atoms with E-state index in [4.69, 9.17) is 0 Å². The average Bonchev–Trinajstić information content (AvgIpc) is 2.26. The summed E-state index contributed by atoms with van der Waals surface area (Å²) in [6, 6.07) is 10.3. The van der Waals surface area contributed by atoms with Crippen molar-refractivity contribution in [3.63, 3.8) is 0 Å². The monoisotopic (exact) mass is 190 g/mol. The van der Waals surface area contributed by atoms with E-state index in [0.29, 0.717) is 0 Å². The molecule has 2 nitrogen and oxygen atoms in total. The Balaban J connectivity index is 2.83. The Bertz CT molecular complexity index is 290. The minimum atomic E-state index is 0.848. The molecule has 1 aromatic carbocycles. The second-order valence-corrected chi connectivity index (χ2v) is 3.14. The lowest BCUT2D eigenvalue weighted by molar-refractivity contribution is 1.05. The van der Waals surface area contributed by atoms with Crippen LogP contribution in [0.2, 0.25) is 0 Å². The largest absolute Gasteiger partial charge is 0.333 e. The Hall–Kier alpha value is -1.31. The molecule has 0 bridgehead atoms. The molecule has 0 aromatic heterocycles. The molecule has 0 fully saturated rings. The van der Waals surface area contributed by atoms with Crippen LogP contribution in [-0.2, 0) is 0 Å². The van der Waals surface area contributed by atoms with Gasteiger partial charge in [0, 0.05) is 25.7 Å². The van der Waals surface area contributed by atoms with E-state index in [0.717, 1.165) is 18.8 Å². The van der Waals surface area contributed by atoms with Gasteiger partial charge in [-0.25, -0.2) is 0 Å². The number of nitrogens with zero attached hydrogens (tertiary/aromatic N) is 2. The zero-order chi connectivity index (χ0) is 10.4. The minimum absolute atomic E-state index is 0.848. The smallest absolute Gasteiger partial charge is 0.103 e. The summed E-state index contributed by atoms with van der Waals surface area (Å²) in [7, 11) is 2.06. The van der Waals surface area contributed by atoms with Crippen LogP contribution in [0, 0.1) is 0 Å². The van der Waals surface area contributed by atoms with Crippen molar-refractivity contribution < 1.29 is 0 Å². The fraction of sp³-hybridized carbons (Fsp3) is 0.417. The van der Waals surface area contributed by atoms with Crippen LogP contribution < -0.4 is 4.90 Å². The van der Waals surface area contributed by atoms with Crippen molar-refractivity contribution in [2.24, 2.45) is 4.99 Å². The zero-order valence-electron chi connectivity index (χ0n) is 9.20. The van der Waals surface area contributed by atoms with Gasteiger partial charge in [0.2, 0.25) is 0 Å². The van der Waals surface area contributed by atoms with Crippen LogP contribution in [-0.4, -0.2) is 19.4 Å². The average molecular weight is 190 g/mol. The van der Waals surface area contributed by atoms with Gasteiger partial charge in [0.25, 0.3) is 0 Å². The molecule has 14 heavy (non-hydrogen) atoms. The number of rotatable bonds is 3. The quantitative estimate of drug-likeness (QED) is 0.528. The van der Waals surface area contributed by atoms with Gasteiger partial charge in [-0.05, 0) is 19.1 Å².